The SMILES string of the molecule is O=C(c1cc(Cl)ncc1[N+](=O)[O-])N(CCO)CC(F)F. The summed E-state index contributed by atoms with van der Waals surface area (Å²) >= 11 is 5.55. The molecular weight excluding hydrogens is 300 g/mol. The average molecular weight is 310 g/mol. The topological polar surface area (TPSA) is 96.6 Å². The molecule has 0 unspecified atom stereocenters. The molecule has 0 radical (unpaired) electrons. The van der Waals surface area contributed by atoms with Crippen LogP contribution in [-0.2, 0) is 0 Å². The zero-order valence-corrected chi connectivity index (χ0v) is 10.8. The molecule has 0 aromatic carbocycles. The van der Waals surface area contributed by atoms with E-state index in [1.165, 1.54) is 0 Å². The van der Waals surface area contributed by atoms with Gasteiger partial charge in [-0.15, -0.1) is 0 Å². The first-order valence-electron chi connectivity index (χ1n) is 5.35. The van der Waals surface area contributed by atoms with Crippen LogP contribution in [0.2, 0.25) is 5.15 Å². The third-order valence-corrected chi connectivity index (χ3v) is 2.50. The van der Waals surface area contributed by atoms with E-state index in [9.17, 15) is 23.7 Å². The number of hydrogen-bond donors (Lipinski definition) is 1. The van der Waals surface area contributed by atoms with Gasteiger partial charge in [-0.05, 0) is 6.07 Å². The lowest BCUT2D eigenvalue weighted by Gasteiger charge is -2.21. The van der Waals surface area contributed by atoms with E-state index < -0.39 is 41.7 Å². The summed E-state index contributed by atoms with van der Waals surface area (Å²) < 4.78 is 24.7. The minimum absolute atomic E-state index is 0.181. The molecule has 1 heterocycles. The number of amides is 1. The van der Waals surface area contributed by atoms with Crippen molar-refractivity contribution in [3.63, 3.8) is 0 Å². The molecule has 0 aliphatic heterocycles. The number of carbonyl (C=O) groups excluding carboxylic acids is 1. The molecule has 1 amide bonds. The third kappa shape index (κ3) is 4.07. The molecule has 0 bridgehead atoms. The van der Waals surface area contributed by atoms with Crippen LogP contribution in [0.15, 0.2) is 12.3 Å². The minimum Gasteiger partial charge on any atom is -0.395 e. The predicted molar refractivity (Wildman–Crippen MR) is 64.9 cm³/mol. The number of aliphatic hydroxyl groups is 1. The van der Waals surface area contributed by atoms with Gasteiger partial charge in [0.2, 0.25) is 0 Å². The summed E-state index contributed by atoms with van der Waals surface area (Å²) in [5, 5.41) is 19.4. The van der Waals surface area contributed by atoms with Gasteiger partial charge in [-0.3, -0.25) is 14.9 Å². The molecule has 0 aliphatic carbocycles. The number of alkyl halides is 2. The van der Waals surface area contributed by atoms with Crippen molar-refractivity contribution in [1.29, 1.82) is 0 Å². The second-order valence-corrected chi connectivity index (χ2v) is 4.03. The van der Waals surface area contributed by atoms with Crippen LogP contribution in [0.1, 0.15) is 10.4 Å². The number of aromatic nitrogens is 1. The Balaban J connectivity index is 3.16. The molecule has 0 fully saturated rings. The molecule has 1 aromatic heterocycles. The van der Waals surface area contributed by atoms with Gasteiger partial charge >= 0.3 is 0 Å². The van der Waals surface area contributed by atoms with Gasteiger partial charge < -0.3 is 10.0 Å². The summed E-state index contributed by atoms with van der Waals surface area (Å²) in [5.41, 5.74) is -1.10. The molecule has 0 spiro atoms. The van der Waals surface area contributed by atoms with Crippen LogP contribution in [-0.4, -0.2) is 51.9 Å². The molecule has 0 saturated carbocycles. The fourth-order valence-corrected chi connectivity index (χ4v) is 1.63. The maximum atomic E-state index is 12.4. The van der Waals surface area contributed by atoms with Crippen LogP contribution in [0.25, 0.3) is 0 Å². The lowest BCUT2D eigenvalue weighted by atomic mass is 10.2. The number of aliphatic hydroxyl groups excluding tert-OH is 1. The Hall–Kier alpha value is -1.87. The second kappa shape index (κ2) is 7.06. The lowest BCUT2D eigenvalue weighted by Crippen LogP contribution is -2.37. The number of rotatable bonds is 6. The minimum atomic E-state index is -2.83. The van der Waals surface area contributed by atoms with Gasteiger partial charge in [0.1, 0.15) is 16.9 Å². The summed E-state index contributed by atoms with van der Waals surface area (Å²) in [6.07, 6.45) is -2.06. The van der Waals surface area contributed by atoms with Crippen LogP contribution < -0.4 is 0 Å². The fraction of sp³-hybridized carbons (Fsp3) is 0.400. The third-order valence-electron chi connectivity index (χ3n) is 2.29. The van der Waals surface area contributed by atoms with Crippen LogP contribution in [0.3, 0.4) is 0 Å². The first kappa shape index (κ1) is 16.2. The smallest absolute Gasteiger partial charge is 0.300 e. The average Bonchev–Trinajstić information content (AvgIpc) is 2.36. The number of halogens is 3. The van der Waals surface area contributed by atoms with E-state index in [2.05, 4.69) is 4.98 Å². The van der Waals surface area contributed by atoms with E-state index in [0.29, 0.717) is 4.90 Å². The fourth-order valence-electron chi connectivity index (χ4n) is 1.47. The summed E-state index contributed by atoms with van der Waals surface area (Å²) in [6, 6.07) is 0.928. The van der Waals surface area contributed by atoms with Crippen LogP contribution in [0, 0.1) is 10.1 Å². The van der Waals surface area contributed by atoms with E-state index in [1.807, 2.05) is 0 Å². The van der Waals surface area contributed by atoms with Crippen LogP contribution in [0.5, 0.6) is 0 Å². The van der Waals surface area contributed by atoms with E-state index in [1.54, 1.807) is 0 Å². The quantitative estimate of drug-likeness (QED) is 0.486. The molecule has 0 atom stereocenters. The first-order chi connectivity index (χ1) is 9.36. The van der Waals surface area contributed by atoms with Gasteiger partial charge in [-0.25, -0.2) is 13.8 Å². The Morgan fingerprint density at radius 2 is 2.25 bits per heavy atom. The molecule has 10 heteroatoms. The monoisotopic (exact) mass is 309 g/mol. The van der Waals surface area contributed by atoms with Crippen molar-refractivity contribution >= 4 is 23.2 Å². The van der Waals surface area contributed by atoms with Gasteiger partial charge in [-0.1, -0.05) is 11.6 Å². The van der Waals surface area contributed by atoms with Crippen molar-refractivity contribution in [2.24, 2.45) is 0 Å². The highest BCUT2D eigenvalue weighted by Crippen LogP contribution is 2.22. The summed E-state index contributed by atoms with van der Waals surface area (Å²) in [7, 11) is 0. The zero-order valence-electron chi connectivity index (χ0n) is 10.0. The van der Waals surface area contributed by atoms with Crippen LogP contribution in [0.4, 0.5) is 14.5 Å². The van der Waals surface area contributed by atoms with Crippen molar-refractivity contribution in [3.8, 4) is 0 Å². The van der Waals surface area contributed by atoms with Gasteiger partial charge in [0.05, 0.1) is 18.1 Å². The molecule has 0 aliphatic rings. The normalized spacial score (nSPS) is 10.7. The molecule has 1 N–H and O–H groups in total. The zero-order chi connectivity index (χ0) is 15.3. The molecule has 7 nitrogen and oxygen atoms in total. The van der Waals surface area contributed by atoms with E-state index in [0.717, 1.165) is 12.3 Å². The van der Waals surface area contributed by atoms with Crippen molar-refractivity contribution in [2.45, 2.75) is 6.43 Å². The highest BCUT2D eigenvalue weighted by Gasteiger charge is 2.27. The molecular formula is C10H10ClF2N3O4. The number of carbonyl (C=O) groups is 1. The van der Waals surface area contributed by atoms with E-state index in [4.69, 9.17) is 16.7 Å². The molecule has 0 saturated heterocycles. The van der Waals surface area contributed by atoms with Gasteiger partial charge in [0.15, 0.2) is 0 Å². The number of nitrogens with zero attached hydrogens (tertiary/aromatic N) is 3. The van der Waals surface area contributed by atoms with Gasteiger partial charge in [0, 0.05) is 6.54 Å². The summed E-state index contributed by atoms with van der Waals surface area (Å²) in [6.45, 7) is -1.87. The highest BCUT2D eigenvalue weighted by atomic mass is 35.5. The maximum Gasteiger partial charge on any atom is 0.300 e. The Morgan fingerprint density at radius 3 is 2.75 bits per heavy atom. The Morgan fingerprint density at radius 1 is 1.60 bits per heavy atom. The number of nitro groups is 1. The number of pyridine rings is 1. The van der Waals surface area contributed by atoms with Crippen molar-refractivity contribution in [2.75, 3.05) is 19.7 Å². The molecule has 1 aromatic rings. The highest BCUT2D eigenvalue weighted by molar-refractivity contribution is 6.29. The second-order valence-electron chi connectivity index (χ2n) is 3.65. The molecule has 1 rings (SSSR count). The van der Waals surface area contributed by atoms with E-state index in [-0.39, 0.29) is 11.7 Å². The van der Waals surface area contributed by atoms with E-state index >= 15 is 0 Å². The Labute approximate surface area is 116 Å². The van der Waals surface area contributed by atoms with Crippen molar-refractivity contribution in [1.82, 2.24) is 9.88 Å². The molecule has 110 valence electrons. The largest absolute Gasteiger partial charge is 0.395 e. The van der Waals surface area contributed by atoms with Crippen molar-refractivity contribution < 1.29 is 23.6 Å². The van der Waals surface area contributed by atoms with Gasteiger partial charge in [0.25, 0.3) is 18.0 Å². The lowest BCUT2D eigenvalue weighted by molar-refractivity contribution is -0.385. The Kier molecular flexibility index (Phi) is 5.71. The van der Waals surface area contributed by atoms with Crippen LogP contribution >= 0.6 is 11.6 Å². The molecule has 20 heavy (non-hydrogen) atoms. The first-order valence-corrected chi connectivity index (χ1v) is 5.72. The summed E-state index contributed by atoms with van der Waals surface area (Å²) in [4.78, 5) is 26.0. The standard InChI is InChI=1S/C10H10ClF2N3O4/c11-8-3-6(7(4-14-8)16(19)20)10(18)15(1-2-17)5-9(12)13/h3-4,9,17H,1-2,5H2. The Bertz CT molecular complexity index is 515. The van der Waals surface area contributed by atoms with Gasteiger partial charge in [-0.2, -0.15) is 0 Å². The maximum absolute atomic E-state index is 12.4. The van der Waals surface area contributed by atoms with Crippen molar-refractivity contribution in [3.05, 3.63) is 33.1 Å². The number of hydrogen-bond acceptors (Lipinski definition) is 5. The predicted octanol–water partition coefficient (Wildman–Crippen LogP) is 1.34. The summed E-state index contributed by atoms with van der Waals surface area (Å²) in [5.74, 6) is -1.02.